The molecule has 2 heteroatoms. The molecule has 0 aliphatic heterocycles. The second kappa shape index (κ2) is 4.43. The molecule has 0 aromatic carbocycles. The van der Waals surface area contributed by atoms with Crippen LogP contribution in [0, 0.1) is 0 Å². The number of hydrogen-bond donors (Lipinski definition) is 1. The van der Waals surface area contributed by atoms with Crippen LogP contribution in [0.25, 0.3) is 0 Å². The van der Waals surface area contributed by atoms with Crippen molar-refractivity contribution in [3.05, 3.63) is 10.2 Å². The Morgan fingerprint density at radius 3 is 2.40 bits per heavy atom. The lowest BCUT2D eigenvalue weighted by molar-refractivity contribution is 0.343. The van der Waals surface area contributed by atoms with Gasteiger partial charge in [-0.25, -0.2) is 0 Å². The van der Waals surface area contributed by atoms with Crippen molar-refractivity contribution < 1.29 is 5.11 Å². The minimum atomic E-state index is 0.156. The Hall–Kier alpha value is 0.430. The van der Waals surface area contributed by atoms with E-state index >= 15 is 0 Å². The molecule has 0 bridgehead atoms. The summed E-state index contributed by atoms with van der Waals surface area (Å²) in [6, 6.07) is 0. The number of aliphatic hydroxyl groups is 1. The molecule has 0 spiro atoms. The van der Waals surface area contributed by atoms with Gasteiger partial charge in [0.15, 0.2) is 0 Å². The smallest absolute Gasteiger partial charge is 0.0619 e. The van der Waals surface area contributed by atoms with E-state index in [0.717, 1.165) is 0 Å². The number of hydrogen-bond acceptors (Lipinski definition) is 1. The first kappa shape index (κ1) is 5.43. The van der Waals surface area contributed by atoms with E-state index in [1.54, 1.807) is 10.2 Å². The summed E-state index contributed by atoms with van der Waals surface area (Å²) in [4.78, 5) is 0. The highest BCUT2D eigenvalue weighted by molar-refractivity contribution is 14.1. The second-order valence-corrected chi connectivity index (χ2v) is 1.26. The van der Waals surface area contributed by atoms with Gasteiger partial charge in [-0.2, -0.15) is 0 Å². The number of aliphatic hydroxyl groups excluding tert-OH is 1. The van der Waals surface area contributed by atoms with Crippen LogP contribution in [0.1, 0.15) is 0 Å². The fourth-order valence-corrected chi connectivity index (χ4v) is 0.267. The van der Waals surface area contributed by atoms with Crippen LogP contribution in [0.5, 0.6) is 0 Å². The van der Waals surface area contributed by atoms with Crippen molar-refractivity contribution in [2.45, 2.75) is 0 Å². The zero-order chi connectivity index (χ0) is 4.12. The van der Waals surface area contributed by atoms with Gasteiger partial charge < -0.3 is 5.11 Å². The van der Waals surface area contributed by atoms with Gasteiger partial charge in [0.25, 0.3) is 0 Å². The summed E-state index contributed by atoms with van der Waals surface area (Å²) in [5, 5.41) is 7.97. The van der Waals surface area contributed by atoms with Gasteiger partial charge in [-0.3, -0.25) is 0 Å². The molecule has 0 saturated heterocycles. The van der Waals surface area contributed by atoms with Crippen molar-refractivity contribution in [1.82, 2.24) is 0 Å². The Labute approximate surface area is 44.8 Å². The lowest BCUT2D eigenvalue weighted by Gasteiger charge is -1.65. The van der Waals surface area contributed by atoms with Gasteiger partial charge in [0.2, 0.25) is 0 Å². The molecule has 30 valence electrons. The average molecular weight is 184 g/mol. The maximum atomic E-state index is 7.97. The first-order valence-corrected chi connectivity index (χ1v) is 2.52. The van der Waals surface area contributed by atoms with Gasteiger partial charge in [-0.05, 0) is 4.08 Å². The average Bonchev–Trinajstić information content (AvgIpc) is 1.41. The topological polar surface area (TPSA) is 20.2 Å². The minimum Gasteiger partial charge on any atom is -0.392 e. The highest BCUT2D eigenvalue weighted by Crippen LogP contribution is 1.79. The molecule has 0 rings (SSSR count). The summed E-state index contributed by atoms with van der Waals surface area (Å²) >= 11 is 2.05. The first-order valence-electron chi connectivity index (χ1n) is 1.28. The van der Waals surface area contributed by atoms with E-state index in [2.05, 4.69) is 0 Å². The Morgan fingerprint density at radius 2 is 2.40 bits per heavy atom. The van der Waals surface area contributed by atoms with Crippen LogP contribution in [-0.4, -0.2) is 11.7 Å². The fourth-order valence-electron chi connectivity index (χ4n) is 0.0398. The van der Waals surface area contributed by atoms with Crippen LogP contribution >= 0.6 is 22.6 Å². The maximum absolute atomic E-state index is 7.97. The van der Waals surface area contributed by atoms with Gasteiger partial charge in [0, 0.05) is 0 Å². The summed E-state index contributed by atoms with van der Waals surface area (Å²) in [6.45, 7) is 0.156. The first-order chi connectivity index (χ1) is 2.41. The summed E-state index contributed by atoms with van der Waals surface area (Å²) < 4.78 is 1.78. The quantitative estimate of drug-likeness (QED) is 0.601. The van der Waals surface area contributed by atoms with Crippen molar-refractivity contribution in [2.75, 3.05) is 6.61 Å². The van der Waals surface area contributed by atoms with Crippen LogP contribution < -0.4 is 0 Å². The van der Waals surface area contributed by atoms with Crippen LogP contribution in [-0.2, 0) is 0 Å². The molecular formula is C3H5IO. The third kappa shape index (κ3) is 4.43. The molecule has 0 aromatic heterocycles. The summed E-state index contributed by atoms with van der Waals surface area (Å²) in [6.07, 6.45) is 1.67. The summed E-state index contributed by atoms with van der Waals surface area (Å²) in [7, 11) is 0. The monoisotopic (exact) mass is 184 g/mol. The largest absolute Gasteiger partial charge is 0.392 e. The van der Waals surface area contributed by atoms with Crippen molar-refractivity contribution in [3.8, 4) is 0 Å². The predicted octanol–water partition coefficient (Wildman–Crippen LogP) is 0.927. The lowest BCUT2D eigenvalue weighted by Crippen LogP contribution is -1.64. The molecule has 0 atom stereocenters. The van der Waals surface area contributed by atoms with Gasteiger partial charge >= 0.3 is 0 Å². The standard InChI is InChI=1S/C3H5IO/c4-2-1-3-5/h1-2,5H,3H2/b2-1-. The van der Waals surface area contributed by atoms with Crippen molar-refractivity contribution in [2.24, 2.45) is 0 Å². The molecule has 0 unspecified atom stereocenters. The zero-order valence-electron chi connectivity index (χ0n) is 2.69. The van der Waals surface area contributed by atoms with Crippen LogP contribution in [0.3, 0.4) is 0 Å². The zero-order valence-corrected chi connectivity index (χ0v) is 4.84. The molecule has 0 heterocycles. The predicted molar refractivity (Wildman–Crippen MR) is 30.2 cm³/mol. The molecule has 5 heavy (non-hydrogen) atoms. The lowest BCUT2D eigenvalue weighted by atomic mass is 10.7. The highest BCUT2D eigenvalue weighted by atomic mass is 127. The van der Waals surface area contributed by atoms with Gasteiger partial charge in [0.05, 0.1) is 6.61 Å². The van der Waals surface area contributed by atoms with Crippen molar-refractivity contribution in [1.29, 1.82) is 0 Å². The second-order valence-electron chi connectivity index (χ2n) is 0.544. The van der Waals surface area contributed by atoms with Crippen LogP contribution in [0.4, 0.5) is 0 Å². The Balaban J connectivity index is 2.62. The van der Waals surface area contributed by atoms with Gasteiger partial charge in [0.1, 0.15) is 0 Å². The molecule has 0 aliphatic carbocycles. The third-order valence-electron chi connectivity index (χ3n) is 0.194. The van der Waals surface area contributed by atoms with E-state index in [9.17, 15) is 0 Å². The van der Waals surface area contributed by atoms with E-state index in [0.29, 0.717) is 0 Å². The molecule has 0 aliphatic rings. The molecule has 0 radical (unpaired) electrons. The van der Waals surface area contributed by atoms with E-state index in [4.69, 9.17) is 5.11 Å². The van der Waals surface area contributed by atoms with Crippen LogP contribution in [0.2, 0.25) is 0 Å². The molecule has 0 aromatic rings. The Morgan fingerprint density at radius 1 is 1.80 bits per heavy atom. The minimum absolute atomic E-state index is 0.156. The van der Waals surface area contributed by atoms with E-state index in [1.165, 1.54) is 0 Å². The molecule has 1 N–H and O–H groups in total. The molecule has 0 amide bonds. The Bertz CT molecular complexity index is 33.9. The van der Waals surface area contributed by atoms with Crippen LogP contribution in [0.15, 0.2) is 10.2 Å². The normalized spacial score (nSPS) is 10.0. The summed E-state index contributed by atoms with van der Waals surface area (Å²) in [5.74, 6) is 0. The SMILES string of the molecule is OC/C=C\I. The highest BCUT2D eigenvalue weighted by Gasteiger charge is 1.54. The van der Waals surface area contributed by atoms with Crippen molar-refractivity contribution in [3.63, 3.8) is 0 Å². The van der Waals surface area contributed by atoms with Crippen molar-refractivity contribution >= 4 is 22.6 Å². The fraction of sp³-hybridized carbons (Fsp3) is 0.333. The molecular weight excluding hydrogens is 179 g/mol. The molecule has 0 fully saturated rings. The maximum Gasteiger partial charge on any atom is 0.0619 e. The van der Waals surface area contributed by atoms with Gasteiger partial charge in [-0.1, -0.05) is 28.7 Å². The molecule has 0 saturated carbocycles. The Kier molecular flexibility index (Phi) is 4.81. The third-order valence-corrected chi connectivity index (χ3v) is 0.703. The molecule has 1 nitrogen and oxygen atoms in total. The van der Waals surface area contributed by atoms with E-state index in [-0.39, 0.29) is 6.61 Å². The van der Waals surface area contributed by atoms with Gasteiger partial charge in [-0.15, -0.1) is 0 Å². The number of halogens is 1. The number of rotatable bonds is 1. The van der Waals surface area contributed by atoms with E-state index in [1.807, 2.05) is 22.6 Å². The summed E-state index contributed by atoms with van der Waals surface area (Å²) in [5.41, 5.74) is 0. The van der Waals surface area contributed by atoms with E-state index < -0.39 is 0 Å².